The summed E-state index contributed by atoms with van der Waals surface area (Å²) in [6.45, 7) is 0.0762. The maximum Gasteiger partial charge on any atom is 0.200 e. The highest BCUT2D eigenvalue weighted by molar-refractivity contribution is 5.98. The fourth-order valence-corrected chi connectivity index (χ4v) is 3.46. The van der Waals surface area contributed by atoms with E-state index in [4.69, 9.17) is 4.74 Å². The van der Waals surface area contributed by atoms with E-state index in [0.29, 0.717) is 0 Å². The normalized spacial score (nSPS) is 13.5. The summed E-state index contributed by atoms with van der Waals surface area (Å²) in [5.74, 6) is 0.802. The maximum absolute atomic E-state index is 12.5. The van der Waals surface area contributed by atoms with Crippen molar-refractivity contribution in [3.8, 4) is 5.75 Å². The van der Waals surface area contributed by atoms with Gasteiger partial charge in [-0.05, 0) is 54.3 Å². The van der Waals surface area contributed by atoms with Crippen molar-refractivity contribution < 1.29 is 9.53 Å². The zero-order chi connectivity index (χ0) is 16.4. The largest absolute Gasteiger partial charge is 0.485 e. The molecule has 2 heteroatoms. The lowest BCUT2D eigenvalue weighted by molar-refractivity contribution is 0.0922. The minimum Gasteiger partial charge on any atom is -0.485 e. The second-order valence-corrected chi connectivity index (χ2v) is 6.38. The van der Waals surface area contributed by atoms with E-state index in [2.05, 4.69) is 12.1 Å². The van der Waals surface area contributed by atoms with Crippen LogP contribution in [-0.2, 0) is 12.8 Å². The van der Waals surface area contributed by atoms with Gasteiger partial charge in [0.05, 0.1) is 0 Å². The van der Waals surface area contributed by atoms with Crippen molar-refractivity contribution in [2.24, 2.45) is 0 Å². The average molecular weight is 316 g/mol. The van der Waals surface area contributed by atoms with Gasteiger partial charge in [-0.3, -0.25) is 4.79 Å². The summed E-state index contributed by atoms with van der Waals surface area (Å²) >= 11 is 0. The summed E-state index contributed by atoms with van der Waals surface area (Å²) in [7, 11) is 0. The SMILES string of the molecule is O=C(COc1cccc2ccccc12)c1ccc2c(c1)CCCC2. The van der Waals surface area contributed by atoms with Crippen LogP contribution < -0.4 is 4.74 Å². The van der Waals surface area contributed by atoms with Crippen LogP contribution in [0.2, 0.25) is 0 Å². The summed E-state index contributed by atoms with van der Waals surface area (Å²) < 4.78 is 5.83. The van der Waals surface area contributed by atoms with Crippen LogP contribution in [0.5, 0.6) is 5.75 Å². The van der Waals surface area contributed by atoms with Gasteiger partial charge in [0.15, 0.2) is 12.4 Å². The van der Waals surface area contributed by atoms with Crippen molar-refractivity contribution in [2.45, 2.75) is 25.7 Å². The lowest BCUT2D eigenvalue weighted by Gasteiger charge is -2.16. The van der Waals surface area contributed by atoms with Crippen molar-refractivity contribution in [1.29, 1.82) is 0 Å². The number of carbonyl (C=O) groups is 1. The Morgan fingerprint density at radius 2 is 1.67 bits per heavy atom. The number of Topliss-reactive ketones (excluding diaryl/α,β-unsaturated/α-hetero) is 1. The van der Waals surface area contributed by atoms with Gasteiger partial charge >= 0.3 is 0 Å². The van der Waals surface area contributed by atoms with Gasteiger partial charge in [0.2, 0.25) is 0 Å². The third kappa shape index (κ3) is 2.92. The molecule has 0 spiro atoms. The summed E-state index contributed by atoms with van der Waals surface area (Å²) in [6, 6.07) is 20.1. The monoisotopic (exact) mass is 316 g/mol. The standard InChI is InChI=1S/C22H20O2/c23-21(19-13-12-16-6-1-2-8-18(16)14-19)15-24-22-11-5-9-17-7-3-4-10-20(17)22/h3-5,7,9-14H,1-2,6,8,15H2. The highest BCUT2D eigenvalue weighted by Gasteiger charge is 2.13. The number of ether oxygens (including phenoxy) is 1. The Balaban J connectivity index is 1.52. The van der Waals surface area contributed by atoms with Crippen LogP contribution in [0.1, 0.15) is 34.3 Å². The van der Waals surface area contributed by atoms with Gasteiger partial charge in [-0.1, -0.05) is 48.5 Å². The quantitative estimate of drug-likeness (QED) is 0.635. The molecule has 0 fully saturated rings. The first-order valence-electron chi connectivity index (χ1n) is 8.57. The Bertz CT molecular complexity index is 890. The number of aryl methyl sites for hydroxylation is 2. The number of hydrogen-bond acceptors (Lipinski definition) is 2. The summed E-state index contributed by atoms with van der Waals surface area (Å²) in [4.78, 5) is 12.5. The van der Waals surface area contributed by atoms with Crippen LogP contribution in [0.15, 0.2) is 60.7 Å². The second kappa shape index (κ2) is 6.48. The van der Waals surface area contributed by atoms with E-state index in [-0.39, 0.29) is 12.4 Å². The van der Waals surface area contributed by atoms with E-state index < -0.39 is 0 Å². The molecule has 0 bridgehead atoms. The summed E-state index contributed by atoms with van der Waals surface area (Å²) in [6.07, 6.45) is 4.69. The van der Waals surface area contributed by atoms with Crippen LogP contribution >= 0.6 is 0 Å². The molecule has 0 atom stereocenters. The average Bonchev–Trinajstić information content (AvgIpc) is 2.65. The van der Waals surface area contributed by atoms with Crippen molar-refractivity contribution in [2.75, 3.05) is 6.61 Å². The zero-order valence-electron chi connectivity index (χ0n) is 13.6. The molecule has 0 amide bonds. The first kappa shape index (κ1) is 14.9. The molecule has 1 aliphatic rings. The predicted octanol–water partition coefficient (Wildman–Crippen LogP) is 4.98. The highest BCUT2D eigenvalue weighted by atomic mass is 16.5. The Hall–Kier alpha value is -2.61. The Kier molecular flexibility index (Phi) is 4.04. The second-order valence-electron chi connectivity index (χ2n) is 6.38. The Morgan fingerprint density at radius 1 is 0.875 bits per heavy atom. The summed E-state index contributed by atoms with van der Waals surface area (Å²) in [5.41, 5.74) is 3.49. The molecule has 3 aromatic rings. The van der Waals surface area contributed by atoms with Crippen molar-refractivity contribution in [3.05, 3.63) is 77.4 Å². The smallest absolute Gasteiger partial charge is 0.200 e. The van der Waals surface area contributed by atoms with Gasteiger partial charge in [-0.15, -0.1) is 0 Å². The predicted molar refractivity (Wildman–Crippen MR) is 96.9 cm³/mol. The fourth-order valence-electron chi connectivity index (χ4n) is 3.46. The Labute approximate surface area is 142 Å². The third-order valence-corrected chi connectivity index (χ3v) is 4.78. The van der Waals surface area contributed by atoms with Crippen LogP contribution in [0.25, 0.3) is 10.8 Å². The number of hydrogen-bond donors (Lipinski definition) is 0. The van der Waals surface area contributed by atoms with Gasteiger partial charge in [-0.2, -0.15) is 0 Å². The highest BCUT2D eigenvalue weighted by Crippen LogP contribution is 2.26. The molecule has 120 valence electrons. The molecule has 4 rings (SSSR count). The van der Waals surface area contributed by atoms with Gasteiger partial charge in [0.1, 0.15) is 5.75 Å². The first-order chi connectivity index (χ1) is 11.8. The van der Waals surface area contributed by atoms with E-state index >= 15 is 0 Å². The number of fused-ring (bicyclic) bond motifs is 2. The molecule has 0 N–H and O–H groups in total. The molecular weight excluding hydrogens is 296 g/mol. The number of ketones is 1. The van der Waals surface area contributed by atoms with Gasteiger partial charge in [-0.25, -0.2) is 0 Å². The Morgan fingerprint density at radius 3 is 2.58 bits per heavy atom. The number of carbonyl (C=O) groups excluding carboxylic acids is 1. The minimum atomic E-state index is 0.0382. The first-order valence-corrected chi connectivity index (χ1v) is 8.57. The molecule has 3 aromatic carbocycles. The van der Waals surface area contributed by atoms with Crippen LogP contribution in [0.4, 0.5) is 0 Å². The molecule has 0 saturated heterocycles. The van der Waals surface area contributed by atoms with Crippen LogP contribution in [0.3, 0.4) is 0 Å². The number of benzene rings is 3. The minimum absolute atomic E-state index is 0.0382. The van der Waals surface area contributed by atoms with Crippen molar-refractivity contribution in [1.82, 2.24) is 0 Å². The molecule has 0 unspecified atom stereocenters. The summed E-state index contributed by atoms with van der Waals surface area (Å²) in [5, 5.41) is 2.16. The van der Waals surface area contributed by atoms with Crippen LogP contribution in [0, 0.1) is 0 Å². The van der Waals surface area contributed by atoms with Gasteiger partial charge in [0, 0.05) is 10.9 Å². The number of rotatable bonds is 4. The zero-order valence-corrected chi connectivity index (χ0v) is 13.6. The van der Waals surface area contributed by atoms with Gasteiger partial charge in [0.25, 0.3) is 0 Å². The van der Waals surface area contributed by atoms with Crippen LogP contribution in [-0.4, -0.2) is 12.4 Å². The van der Waals surface area contributed by atoms with Crippen molar-refractivity contribution >= 4 is 16.6 Å². The molecular formula is C22H20O2. The molecule has 0 aromatic heterocycles. The molecule has 2 nitrogen and oxygen atoms in total. The van der Waals surface area contributed by atoms with E-state index in [1.54, 1.807) is 0 Å². The topological polar surface area (TPSA) is 26.3 Å². The van der Waals surface area contributed by atoms with E-state index in [9.17, 15) is 4.79 Å². The molecule has 0 saturated carbocycles. The van der Waals surface area contributed by atoms with Gasteiger partial charge < -0.3 is 4.74 Å². The molecule has 24 heavy (non-hydrogen) atoms. The van der Waals surface area contributed by atoms with E-state index in [0.717, 1.165) is 34.9 Å². The molecule has 1 aliphatic carbocycles. The fraction of sp³-hybridized carbons (Fsp3) is 0.227. The van der Waals surface area contributed by atoms with E-state index in [1.807, 2.05) is 48.5 Å². The maximum atomic E-state index is 12.5. The van der Waals surface area contributed by atoms with E-state index in [1.165, 1.54) is 24.0 Å². The molecule has 0 radical (unpaired) electrons. The lowest BCUT2D eigenvalue weighted by Crippen LogP contribution is -2.13. The molecule has 0 aliphatic heterocycles. The lowest BCUT2D eigenvalue weighted by atomic mass is 9.90. The third-order valence-electron chi connectivity index (χ3n) is 4.78. The van der Waals surface area contributed by atoms with Crippen molar-refractivity contribution in [3.63, 3.8) is 0 Å². The molecule has 0 heterocycles.